The van der Waals surface area contributed by atoms with Crippen molar-refractivity contribution in [1.29, 1.82) is 0 Å². The summed E-state index contributed by atoms with van der Waals surface area (Å²) < 4.78 is 5.11. The number of carbonyl (C=O) groups excluding carboxylic acids is 1. The van der Waals surface area contributed by atoms with Gasteiger partial charge in [-0.3, -0.25) is 4.79 Å². The first-order chi connectivity index (χ1) is 11.2. The number of aryl methyl sites for hydroxylation is 1. The second kappa shape index (κ2) is 5.73. The highest BCUT2D eigenvalue weighted by molar-refractivity contribution is 5.77. The molecule has 1 aromatic rings. The molecule has 0 aromatic heterocycles. The minimum atomic E-state index is -0.633. The van der Waals surface area contributed by atoms with Crippen LogP contribution < -0.4 is 0 Å². The average Bonchev–Trinajstić information content (AvgIpc) is 2.52. The summed E-state index contributed by atoms with van der Waals surface area (Å²) >= 11 is 0. The van der Waals surface area contributed by atoms with Gasteiger partial charge in [0.05, 0.1) is 18.6 Å². The summed E-state index contributed by atoms with van der Waals surface area (Å²) in [6, 6.07) is 6.53. The summed E-state index contributed by atoms with van der Waals surface area (Å²) in [5, 5.41) is 10.5. The van der Waals surface area contributed by atoms with Crippen LogP contribution in [0.1, 0.15) is 56.7 Å². The van der Waals surface area contributed by atoms with Gasteiger partial charge in [0.2, 0.25) is 0 Å². The first-order valence-electron chi connectivity index (χ1n) is 8.78. The lowest BCUT2D eigenvalue weighted by Gasteiger charge is -2.55. The minimum Gasteiger partial charge on any atom is -0.469 e. The van der Waals surface area contributed by atoms with E-state index >= 15 is 0 Å². The number of benzene rings is 1. The molecule has 0 aliphatic heterocycles. The first-order valence-corrected chi connectivity index (χ1v) is 8.78. The lowest BCUT2D eigenvalue weighted by molar-refractivity contribution is -0.166. The lowest BCUT2D eigenvalue weighted by Crippen LogP contribution is -2.56. The van der Waals surface area contributed by atoms with Gasteiger partial charge in [0, 0.05) is 0 Å². The normalized spacial score (nSPS) is 34.9. The Morgan fingerprint density at radius 3 is 2.67 bits per heavy atom. The van der Waals surface area contributed by atoms with Gasteiger partial charge in [0.1, 0.15) is 0 Å². The predicted octanol–water partition coefficient (Wildman–Crippen LogP) is 3.87. The summed E-state index contributed by atoms with van der Waals surface area (Å²) in [7, 11) is 1.45. The zero-order valence-corrected chi connectivity index (χ0v) is 15.2. The highest BCUT2D eigenvalue weighted by atomic mass is 16.5. The van der Waals surface area contributed by atoms with E-state index in [0.29, 0.717) is 12.8 Å². The van der Waals surface area contributed by atoms with Gasteiger partial charge in [-0.05, 0) is 67.6 Å². The fourth-order valence-corrected chi connectivity index (χ4v) is 5.36. The number of fused-ring (bicyclic) bond motifs is 3. The molecule has 2 aliphatic carbocycles. The number of carbonyl (C=O) groups is 1. The SMILES string of the molecule is C=C(C)c1ccc2c(c1)CCC1C(C)(C(=O)OC)CC(O)CC21C. The Balaban J connectivity index is 2.11. The van der Waals surface area contributed by atoms with Gasteiger partial charge in [-0.25, -0.2) is 0 Å². The zero-order valence-electron chi connectivity index (χ0n) is 15.2. The Morgan fingerprint density at radius 2 is 2.04 bits per heavy atom. The molecule has 4 unspecified atom stereocenters. The second-order valence-electron chi connectivity index (χ2n) is 8.13. The van der Waals surface area contributed by atoms with Crippen molar-refractivity contribution in [2.75, 3.05) is 7.11 Å². The van der Waals surface area contributed by atoms with E-state index in [1.54, 1.807) is 0 Å². The molecule has 0 radical (unpaired) electrons. The molecule has 1 N–H and O–H groups in total. The number of allylic oxidation sites excluding steroid dienone is 1. The van der Waals surface area contributed by atoms with Crippen molar-refractivity contribution < 1.29 is 14.6 Å². The van der Waals surface area contributed by atoms with Crippen LogP contribution in [0.5, 0.6) is 0 Å². The molecule has 1 saturated carbocycles. The summed E-state index contributed by atoms with van der Waals surface area (Å²) in [5.41, 5.74) is 4.00. The van der Waals surface area contributed by atoms with E-state index in [1.807, 2.05) is 13.8 Å². The molecule has 3 rings (SSSR count). The van der Waals surface area contributed by atoms with Gasteiger partial charge in [-0.1, -0.05) is 37.3 Å². The monoisotopic (exact) mass is 328 g/mol. The Bertz CT molecular complexity index is 692. The number of methoxy groups -OCH3 is 1. The van der Waals surface area contributed by atoms with E-state index in [1.165, 1.54) is 23.8 Å². The van der Waals surface area contributed by atoms with Crippen LogP contribution in [0.2, 0.25) is 0 Å². The largest absolute Gasteiger partial charge is 0.469 e. The van der Waals surface area contributed by atoms with Crippen LogP contribution in [0.3, 0.4) is 0 Å². The minimum absolute atomic E-state index is 0.184. The van der Waals surface area contributed by atoms with E-state index < -0.39 is 11.5 Å². The Labute approximate surface area is 144 Å². The molecule has 0 saturated heterocycles. The fourth-order valence-electron chi connectivity index (χ4n) is 5.36. The van der Waals surface area contributed by atoms with Crippen LogP contribution in [0, 0.1) is 11.3 Å². The van der Waals surface area contributed by atoms with Crippen molar-refractivity contribution in [2.24, 2.45) is 11.3 Å². The van der Waals surface area contributed by atoms with E-state index in [4.69, 9.17) is 4.74 Å². The number of esters is 1. The van der Waals surface area contributed by atoms with Crippen molar-refractivity contribution in [3.8, 4) is 0 Å². The summed E-state index contributed by atoms with van der Waals surface area (Å²) in [5.74, 6) is -0.0106. The Kier molecular flexibility index (Phi) is 4.11. The maximum atomic E-state index is 12.5. The van der Waals surface area contributed by atoms with Gasteiger partial charge in [-0.2, -0.15) is 0 Å². The molecule has 0 heterocycles. The molecule has 0 amide bonds. The molecule has 3 heteroatoms. The number of aliphatic hydroxyl groups is 1. The van der Waals surface area contributed by atoms with E-state index in [0.717, 1.165) is 18.4 Å². The molecule has 24 heavy (non-hydrogen) atoms. The number of ether oxygens (including phenoxy) is 1. The third-order valence-corrected chi connectivity index (χ3v) is 6.42. The van der Waals surface area contributed by atoms with Gasteiger partial charge in [-0.15, -0.1) is 0 Å². The van der Waals surface area contributed by atoms with E-state index in [9.17, 15) is 9.90 Å². The topological polar surface area (TPSA) is 46.5 Å². The molecule has 0 spiro atoms. The summed E-state index contributed by atoms with van der Waals surface area (Å²) in [6.07, 6.45) is 2.60. The third-order valence-electron chi connectivity index (χ3n) is 6.42. The number of hydrogen-bond donors (Lipinski definition) is 1. The number of aliphatic hydroxyl groups excluding tert-OH is 1. The Hall–Kier alpha value is -1.61. The van der Waals surface area contributed by atoms with Crippen LogP contribution in [-0.2, 0) is 21.4 Å². The maximum absolute atomic E-state index is 12.5. The quantitative estimate of drug-likeness (QED) is 0.838. The molecule has 130 valence electrons. The third kappa shape index (κ3) is 2.41. The first kappa shape index (κ1) is 17.2. The standard InChI is InChI=1S/C21H28O3/c1-13(2)14-6-8-17-15(10-14)7-9-18-20(17,3)11-16(22)12-21(18,4)19(23)24-5/h6,8,10,16,18,22H,1,7,9,11-12H2,2-5H3. The zero-order chi connectivity index (χ0) is 17.7. The van der Waals surface area contributed by atoms with E-state index in [2.05, 4.69) is 31.7 Å². The second-order valence-corrected chi connectivity index (χ2v) is 8.13. The van der Waals surface area contributed by atoms with Gasteiger partial charge >= 0.3 is 5.97 Å². The summed E-state index contributed by atoms with van der Waals surface area (Å²) in [4.78, 5) is 12.5. The van der Waals surface area contributed by atoms with E-state index in [-0.39, 0.29) is 17.3 Å². The molecule has 1 aromatic carbocycles. The average molecular weight is 328 g/mol. The molecule has 3 nitrogen and oxygen atoms in total. The van der Waals surface area contributed by atoms with Crippen LogP contribution in [0.25, 0.3) is 5.57 Å². The molecule has 4 atom stereocenters. The lowest BCUT2D eigenvalue weighted by atomic mass is 9.49. The predicted molar refractivity (Wildman–Crippen MR) is 95.7 cm³/mol. The van der Waals surface area contributed by atoms with Gasteiger partial charge in [0.25, 0.3) is 0 Å². The number of hydrogen-bond acceptors (Lipinski definition) is 3. The number of rotatable bonds is 2. The molecule has 2 aliphatic rings. The van der Waals surface area contributed by atoms with Crippen molar-refractivity contribution >= 4 is 11.5 Å². The fraction of sp³-hybridized carbons (Fsp3) is 0.571. The van der Waals surface area contributed by atoms with Crippen LogP contribution in [0.15, 0.2) is 24.8 Å². The van der Waals surface area contributed by atoms with Crippen LogP contribution in [0.4, 0.5) is 0 Å². The molecular weight excluding hydrogens is 300 g/mol. The molecule has 0 bridgehead atoms. The Morgan fingerprint density at radius 1 is 1.33 bits per heavy atom. The maximum Gasteiger partial charge on any atom is 0.311 e. The smallest absolute Gasteiger partial charge is 0.311 e. The van der Waals surface area contributed by atoms with Gasteiger partial charge in [0.15, 0.2) is 0 Å². The van der Waals surface area contributed by atoms with Crippen molar-refractivity contribution in [1.82, 2.24) is 0 Å². The molecule has 1 fully saturated rings. The highest BCUT2D eigenvalue weighted by Crippen LogP contribution is 2.57. The van der Waals surface area contributed by atoms with Crippen molar-refractivity contribution in [2.45, 2.75) is 58.0 Å². The van der Waals surface area contributed by atoms with Crippen LogP contribution in [-0.4, -0.2) is 24.3 Å². The van der Waals surface area contributed by atoms with Crippen LogP contribution >= 0.6 is 0 Å². The van der Waals surface area contributed by atoms with Crippen molar-refractivity contribution in [3.05, 3.63) is 41.5 Å². The highest BCUT2D eigenvalue weighted by Gasteiger charge is 2.57. The molecular formula is C21H28O3. The summed E-state index contributed by atoms with van der Waals surface area (Å²) in [6.45, 7) is 10.2. The van der Waals surface area contributed by atoms with Gasteiger partial charge < -0.3 is 9.84 Å². The van der Waals surface area contributed by atoms with Crippen molar-refractivity contribution in [3.63, 3.8) is 0 Å².